The molecule has 5 rings (SSSR count). The van der Waals surface area contributed by atoms with Crippen LogP contribution in [-0.2, 0) is 11.6 Å². The van der Waals surface area contributed by atoms with Crippen molar-refractivity contribution in [3.05, 3.63) is 88.4 Å². The van der Waals surface area contributed by atoms with Crippen molar-refractivity contribution in [2.75, 3.05) is 31.5 Å². The minimum atomic E-state index is -4.62. The zero-order valence-corrected chi connectivity index (χ0v) is 22.7. The fourth-order valence-electron chi connectivity index (χ4n) is 5.43. The SMILES string of the molecule is N#Cc1cccc(-c2ccc(C3(CNC(=O)Nc4ccc(Cl)c(C(F)(F)F)c4)CCN(CC4CC4)CC3)cc2)c1. The summed E-state index contributed by atoms with van der Waals surface area (Å²) in [6.07, 6.45) is -0.339. The van der Waals surface area contributed by atoms with E-state index in [-0.39, 0.29) is 11.1 Å². The van der Waals surface area contributed by atoms with Crippen LogP contribution in [0.3, 0.4) is 0 Å². The first kappa shape index (κ1) is 28.0. The molecule has 5 nitrogen and oxygen atoms in total. The minimum Gasteiger partial charge on any atom is -0.337 e. The van der Waals surface area contributed by atoms with Crippen molar-refractivity contribution >= 4 is 23.3 Å². The lowest BCUT2D eigenvalue weighted by molar-refractivity contribution is -0.137. The number of hydrogen-bond acceptors (Lipinski definition) is 3. The number of urea groups is 1. The second-order valence-electron chi connectivity index (χ2n) is 10.8. The van der Waals surface area contributed by atoms with E-state index in [9.17, 15) is 23.2 Å². The van der Waals surface area contributed by atoms with Crippen LogP contribution < -0.4 is 10.6 Å². The molecule has 0 bridgehead atoms. The van der Waals surface area contributed by atoms with Gasteiger partial charge in [0.25, 0.3) is 0 Å². The highest BCUT2D eigenvalue weighted by Crippen LogP contribution is 2.39. The molecule has 0 radical (unpaired) electrons. The zero-order chi connectivity index (χ0) is 28.3. The predicted molar refractivity (Wildman–Crippen MR) is 150 cm³/mol. The fourth-order valence-corrected chi connectivity index (χ4v) is 5.65. The van der Waals surface area contributed by atoms with Crippen LogP contribution in [0.1, 0.15) is 42.4 Å². The zero-order valence-electron chi connectivity index (χ0n) is 21.9. The Balaban J connectivity index is 1.32. The average Bonchev–Trinajstić information content (AvgIpc) is 3.77. The lowest BCUT2D eigenvalue weighted by Gasteiger charge is -2.42. The third-order valence-corrected chi connectivity index (χ3v) is 8.30. The second-order valence-corrected chi connectivity index (χ2v) is 11.2. The van der Waals surface area contributed by atoms with Crippen LogP contribution in [0.4, 0.5) is 23.7 Å². The standard InChI is InChI=1S/C31H30ClF3N4O/c32-28-11-10-26(17-27(28)31(33,34)35)38-29(40)37-20-30(12-14-39(15-13-30)19-21-4-5-21)25-8-6-23(7-9-25)24-3-1-2-22(16-24)18-36/h1-3,6-11,16-17,21H,4-5,12-15,19-20H2,(H2,37,38,40). The maximum absolute atomic E-state index is 13.3. The van der Waals surface area contributed by atoms with E-state index in [1.54, 1.807) is 6.07 Å². The van der Waals surface area contributed by atoms with Crippen molar-refractivity contribution < 1.29 is 18.0 Å². The molecule has 1 saturated carbocycles. The maximum Gasteiger partial charge on any atom is 0.417 e. The lowest BCUT2D eigenvalue weighted by Crippen LogP contribution is -2.50. The fraction of sp³-hybridized carbons (Fsp3) is 0.355. The summed E-state index contributed by atoms with van der Waals surface area (Å²) in [5.74, 6) is 0.792. The van der Waals surface area contributed by atoms with Gasteiger partial charge in [-0.1, -0.05) is 48.0 Å². The highest BCUT2D eigenvalue weighted by atomic mass is 35.5. The van der Waals surface area contributed by atoms with E-state index >= 15 is 0 Å². The van der Waals surface area contributed by atoms with Crippen LogP contribution in [0.5, 0.6) is 0 Å². The second kappa shape index (κ2) is 11.5. The average molecular weight is 567 g/mol. The Kier molecular flexibility index (Phi) is 8.07. The molecule has 3 aromatic rings. The van der Waals surface area contributed by atoms with Gasteiger partial charge in [-0.2, -0.15) is 18.4 Å². The molecule has 2 aliphatic rings. The Bertz CT molecular complexity index is 1410. The number of alkyl halides is 3. The number of anilines is 1. The first-order valence-electron chi connectivity index (χ1n) is 13.4. The third kappa shape index (κ3) is 6.60. The van der Waals surface area contributed by atoms with Crippen molar-refractivity contribution in [1.29, 1.82) is 5.26 Å². The van der Waals surface area contributed by atoms with Gasteiger partial charge in [-0.05, 0) is 91.7 Å². The Labute approximate surface area is 236 Å². The van der Waals surface area contributed by atoms with Gasteiger partial charge in [0, 0.05) is 24.2 Å². The quantitative estimate of drug-likeness (QED) is 0.312. The molecule has 3 aromatic carbocycles. The smallest absolute Gasteiger partial charge is 0.337 e. The van der Waals surface area contributed by atoms with Gasteiger partial charge in [0.2, 0.25) is 0 Å². The molecular weight excluding hydrogens is 537 g/mol. The van der Waals surface area contributed by atoms with Gasteiger partial charge < -0.3 is 15.5 Å². The Morgan fingerprint density at radius 2 is 1.75 bits per heavy atom. The molecule has 2 N–H and O–H groups in total. The van der Waals surface area contributed by atoms with Gasteiger partial charge in [0.1, 0.15) is 0 Å². The molecule has 2 fully saturated rings. The minimum absolute atomic E-state index is 0.0199. The summed E-state index contributed by atoms with van der Waals surface area (Å²) >= 11 is 5.71. The van der Waals surface area contributed by atoms with Gasteiger partial charge in [-0.25, -0.2) is 4.79 Å². The molecular formula is C31H30ClF3N4O. The van der Waals surface area contributed by atoms with E-state index in [1.807, 2.05) is 30.3 Å². The molecule has 1 saturated heterocycles. The first-order valence-corrected chi connectivity index (χ1v) is 13.8. The van der Waals surface area contributed by atoms with Crippen LogP contribution in [-0.4, -0.2) is 37.1 Å². The lowest BCUT2D eigenvalue weighted by atomic mass is 9.72. The number of nitrogens with zero attached hydrogens (tertiary/aromatic N) is 2. The number of piperidine rings is 1. The molecule has 1 aliphatic heterocycles. The van der Waals surface area contributed by atoms with Gasteiger partial charge in [0.05, 0.1) is 22.2 Å². The van der Waals surface area contributed by atoms with Crippen LogP contribution in [0, 0.1) is 17.2 Å². The highest BCUT2D eigenvalue weighted by Gasteiger charge is 2.38. The normalized spacial score (nSPS) is 17.2. The van der Waals surface area contributed by atoms with Crippen LogP contribution in [0.25, 0.3) is 11.1 Å². The first-order chi connectivity index (χ1) is 19.1. The van der Waals surface area contributed by atoms with Gasteiger partial charge in [-0.3, -0.25) is 0 Å². The molecule has 0 aromatic heterocycles. The number of benzene rings is 3. The number of nitrogens with one attached hydrogen (secondary N) is 2. The van der Waals surface area contributed by atoms with E-state index in [2.05, 4.69) is 33.7 Å². The van der Waals surface area contributed by atoms with E-state index in [0.717, 1.165) is 67.2 Å². The largest absolute Gasteiger partial charge is 0.417 e. The maximum atomic E-state index is 13.3. The van der Waals surface area contributed by atoms with Gasteiger partial charge in [0.15, 0.2) is 0 Å². The summed E-state index contributed by atoms with van der Waals surface area (Å²) in [6.45, 7) is 3.28. The molecule has 40 heavy (non-hydrogen) atoms. The summed E-state index contributed by atoms with van der Waals surface area (Å²) in [5.41, 5.74) is 2.36. The Morgan fingerprint density at radius 1 is 1.02 bits per heavy atom. The van der Waals surface area contributed by atoms with Crippen molar-refractivity contribution in [3.63, 3.8) is 0 Å². The summed E-state index contributed by atoms with van der Waals surface area (Å²) < 4.78 is 39.8. The number of nitriles is 1. The van der Waals surface area contributed by atoms with E-state index in [4.69, 9.17) is 11.6 Å². The molecule has 0 unspecified atom stereocenters. The van der Waals surface area contributed by atoms with E-state index in [0.29, 0.717) is 12.1 Å². The molecule has 9 heteroatoms. The summed E-state index contributed by atoms with van der Waals surface area (Å²) in [5, 5.41) is 14.3. The monoisotopic (exact) mass is 566 g/mol. The van der Waals surface area contributed by atoms with Crippen molar-refractivity contribution in [3.8, 4) is 17.2 Å². The van der Waals surface area contributed by atoms with Crippen LogP contribution in [0.2, 0.25) is 5.02 Å². The molecule has 208 valence electrons. The number of amides is 2. The van der Waals surface area contributed by atoms with Gasteiger partial charge in [-0.15, -0.1) is 0 Å². The number of rotatable bonds is 7. The van der Waals surface area contributed by atoms with Crippen molar-refractivity contribution in [2.24, 2.45) is 5.92 Å². The summed E-state index contributed by atoms with van der Waals surface area (Å²) in [7, 11) is 0. The Morgan fingerprint density at radius 3 is 2.40 bits per heavy atom. The predicted octanol–water partition coefficient (Wildman–Crippen LogP) is 7.46. The number of halogens is 4. The summed E-state index contributed by atoms with van der Waals surface area (Å²) in [4.78, 5) is 15.3. The molecule has 1 aliphatic carbocycles. The van der Waals surface area contributed by atoms with E-state index < -0.39 is 22.8 Å². The summed E-state index contributed by atoms with van der Waals surface area (Å²) in [6, 6.07) is 20.6. The molecule has 0 spiro atoms. The highest BCUT2D eigenvalue weighted by molar-refractivity contribution is 6.31. The Hall–Kier alpha value is -3.54. The van der Waals surface area contributed by atoms with Gasteiger partial charge >= 0.3 is 12.2 Å². The van der Waals surface area contributed by atoms with Crippen LogP contribution in [0.15, 0.2) is 66.7 Å². The topological polar surface area (TPSA) is 68.2 Å². The van der Waals surface area contributed by atoms with E-state index in [1.165, 1.54) is 18.9 Å². The van der Waals surface area contributed by atoms with Crippen molar-refractivity contribution in [2.45, 2.75) is 37.3 Å². The van der Waals surface area contributed by atoms with Crippen LogP contribution >= 0.6 is 11.6 Å². The number of likely N-dealkylation sites (tertiary alicyclic amines) is 1. The molecule has 0 atom stereocenters. The van der Waals surface area contributed by atoms with Crippen molar-refractivity contribution in [1.82, 2.24) is 10.2 Å². The number of hydrogen-bond donors (Lipinski definition) is 2. The number of carbonyl (C=O) groups excluding carboxylic acids is 1. The molecule has 1 heterocycles. The molecule has 2 amide bonds. The number of carbonyl (C=O) groups is 1. The third-order valence-electron chi connectivity index (χ3n) is 7.97.